The summed E-state index contributed by atoms with van der Waals surface area (Å²) < 4.78 is 5.57. The highest BCUT2D eigenvalue weighted by Crippen LogP contribution is 2.25. The highest BCUT2D eigenvalue weighted by atomic mass is 16.5. The Morgan fingerprint density at radius 2 is 1.89 bits per heavy atom. The molecule has 3 aromatic rings. The first-order chi connectivity index (χ1) is 13.7. The number of anilines is 2. The maximum atomic E-state index is 12.7. The van der Waals surface area contributed by atoms with E-state index in [9.17, 15) is 4.79 Å². The normalized spacial score (nSPS) is 13.0. The van der Waals surface area contributed by atoms with Crippen molar-refractivity contribution in [1.29, 1.82) is 0 Å². The first-order valence-electron chi connectivity index (χ1n) is 9.42. The predicted molar refractivity (Wildman–Crippen MR) is 109 cm³/mol. The van der Waals surface area contributed by atoms with Crippen LogP contribution in [0.15, 0.2) is 60.8 Å². The molecule has 142 valence electrons. The van der Waals surface area contributed by atoms with E-state index in [2.05, 4.69) is 38.4 Å². The largest absolute Gasteiger partial charge is 0.492 e. The molecular weight excluding hydrogens is 352 g/mol. The van der Waals surface area contributed by atoms with Gasteiger partial charge in [-0.1, -0.05) is 36.4 Å². The summed E-state index contributed by atoms with van der Waals surface area (Å²) in [5, 5.41) is 2.88. The summed E-state index contributed by atoms with van der Waals surface area (Å²) in [5.41, 5.74) is 3.59. The van der Waals surface area contributed by atoms with Gasteiger partial charge >= 0.3 is 0 Å². The summed E-state index contributed by atoms with van der Waals surface area (Å²) in [4.78, 5) is 23.7. The molecule has 0 bridgehead atoms. The van der Waals surface area contributed by atoms with Crippen molar-refractivity contribution >= 4 is 17.5 Å². The molecular formula is C22H22N4O2. The standard InChI is InChI=1S/C22H22N4O2/c1-2-28-20-10-6-5-9-18(20)24-21(27)19-11-13-23-22(25-19)26-14-12-16-7-3-4-8-17(16)15-26/h3-11,13H,2,12,14-15H2,1H3,(H,24,27). The number of nitrogens with zero attached hydrogens (tertiary/aromatic N) is 3. The molecule has 0 saturated carbocycles. The smallest absolute Gasteiger partial charge is 0.274 e. The number of nitrogens with one attached hydrogen (secondary N) is 1. The van der Waals surface area contributed by atoms with Crippen LogP contribution in [0.25, 0.3) is 0 Å². The van der Waals surface area contributed by atoms with E-state index in [1.807, 2.05) is 37.3 Å². The maximum Gasteiger partial charge on any atom is 0.274 e. The number of amides is 1. The van der Waals surface area contributed by atoms with E-state index in [0.29, 0.717) is 29.7 Å². The fourth-order valence-electron chi connectivity index (χ4n) is 3.33. The van der Waals surface area contributed by atoms with Crippen molar-refractivity contribution in [2.45, 2.75) is 19.9 Å². The third-order valence-electron chi connectivity index (χ3n) is 4.72. The molecule has 1 aliphatic heterocycles. The topological polar surface area (TPSA) is 67.3 Å². The van der Waals surface area contributed by atoms with E-state index >= 15 is 0 Å². The number of para-hydroxylation sites is 2. The minimum Gasteiger partial charge on any atom is -0.492 e. The molecule has 0 atom stereocenters. The first kappa shape index (κ1) is 18.0. The molecule has 2 aromatic carbocycles. The highest BCUT2D eigenvalue weighted by Gasteiger charge is 2.19. The first-order valence-corrected chi connectivity index (χ1v) is 9.42. The average Bonchev–Trinajstić information content (AvgIpc) is 2.75. The molecule has 1 aliphatic rings. The summed E-state index contributed by atoms with van der Waals surface area (Å²) >= 11 is 0. The number of ether oxygens (including phenoxy) is 1. The number of benzene rings is 2. The van der Waals surface area contributed by atoms with E-state index in [1.54, 1.807) is 12.3 Å². The van der Waals surface area contributed by atoms with Crippen molar-refractivity contribution in [3.05, 3.63) is 77.6 Å². The fraction of sp³-hybridized carbons (Fsp3) is 0.227. The molecule has 0 aliphatic carbocycles. The van der Waals surface area contributed by atoms with Gasteiger partial charge in [0.1, 0.15) is 11.4 Å². The van der Waals surface area contributed by atoms with Crippen molar-refractivity contribution < 1.29 is 9.53 Å². The molecule has 6 nitrogen and oxygen atoms in total. The van der Waals surface area contributed by atoms with Crippen molar-refractivity contribution in [3.63, 3.8) is 0 Å². The summed E-state index contributed by atoms with van der Waals surface area (Å²) in [6.45, 7) is 4.01. The molecule has 0 radical (unpaired) electrons. The molecule has 0 fully saturated rings. The zero-order chi connectivity index (χ0) is 19.3. The van der Waals surface area contributed by atoms with Gasteiger partial charge in [-0.25, -0.2) is 9.97 Å². The quantitative estimate of drug-likeness (QED) is 0.738. The molecule has 0 spiro atoms. The Hall–Kier alpha value is -3.41. The Morgan fingerprint density at radius 1 is 1.11 bits per heavy atom. The molecule has 6 heteroatoms. The SMILES string of the molecule is CCOc1ccccc1NC(=O)c1ccnc(N2CCc3ccccc3C2)n1. The zero-order valence-electron chi connectivity index (χ0n) is 15.8. The number of aromatic nitrogens is 2. The Morgan fingerprint density at radius 3 is 2.75 bits per heavy atom. The fourth-order valence-corrected chi connectivity index (χ4v) is 3.33. The summed E-state index contributed by atoms with van der Waals surface area (Å²) in [7, 11) is 0. The second kappa shape index (κ2) is 8.08. The van der Waals surface area contributed by atoms with Crippen molar-refractivity contribution in [3.8, 4) is 5.75 Å². The summed E-state index contributed by atoms with van der Waals surface area (Å²) in [6.07, 6.45) is 2.57. The summed E-state index contributed by atoms with van der Waals surface area (Å²) in [5.74, 6) is 0.925. The van der Waals surface area contributed by atoms with Crippen LogP contribution in [0.1, 0.15) is 28.5 Å². The van der Waals surface area contributed by atoms with E-state index in [-0.39, 0.29) is 5.91 Å². The van der Waals surface area contributed by atoms with Gasteiger partial charge in [-0.3, -0.25) is 4.79 Å². The van der Waals surface area contributed by atoms with Crippen molar-refractivity contribution in [2.24, 2.45) is 0 Å². The van der Waals surface area contributed by atoms with Crippen molar-refractivity contribution in [2.75, 3.05) is 23.4 Å². The molecule has 0 saturated heterocycles. The second-order valence-corrected chi connectivity index (χ2v) is 6.57. The number of rotatable bonds is 5. The van der Waals surface area contributed by atoms with Crippen LogP contribution in [0.3, 0.4) is 0 Å². The van der Waals surface area contributed by atoms with E-state index in [1.165, 1.54) is 11.1 Å². The number of carbonyl (C=O) groups excluding carboxylic acids is 1. The van der Waals surface area contributed by atoms with Crippen LogP contribution in [-0.4, -0.2) is 29.0 Å². The van der Waals surface area contributed by atoms with Gasteiger partial charge in [0.2, 0.25) is 5.95 Å². The second-order valence-electron chi connectivity index (χ2n) is 6.57. The lowest BCUT2D eigenvalue weighted by Crippen LogP contribution is -2.32. The number of carbonyl (C=O) groups is 1. The third kappa shape index (κ3) is 3.81. The van der Waals surface area contributed by atoms with Gasteiger partial charge in [0, 0.05) is 19.3 Å². The molecule has 1 N–H and O–H groups in total. The van der Waals surface area contributed by atoms with Crippen LogP contribution in [0, 0.1) is 0 Å². The van der Waals surface area contributed by atoms with Crippen LogP contribution in [0.2, 0.25) is 0 Å². The molecule has 4 rings (SSSR count). The lowest BCUT2D eigenvalue weighted by molar-refractivity contribution is 0.102. The van der Waals surface area contributed by atoms with Crippen LogP contribution in [0.5, 0.6) is 5.75 Å². The Labute approximate surface area is 164 Å². The van der Waals surface area contributed by atoms with Gasteiger partial charge in [-0.15, -0.1) is 0 Å². The third-order valence-corrected chi connectivity index (χ3v) is 4.72. The maximum absolute atomic E-state index is 12.7. The minimum atomic E-state index is -0.284. The van der Waals surface area contributed by atoms with E-state index in [0.717, 1.165) is 19.5 Å². The van der Waals surface area contributed by atoms with Gasteiger partial charge in [-0.2, -0.15) is 0 Å². The zero-order valence-corrected chi connectivity index (χ0v) is 15.8. The predicted octanol–water partition coefficient (Wildman–Crippen LogP) is 3.69. The molecule has 2 heterocycles. The Bertz CT molecular complexity index is 990. The Balaban J connectivity index is 1.52. The van der Waals surface area contributed by atoms with Crippen molar-refractivity contribution in [1.82, 2.24) is 9.97 Å². The van der Waals surface area contributed by atoms with E-state index in [4.69, 9.17) is 4.74 Å². The lowest BCUT2D eigenvalue weighted by atomic mass is 10.0. The molecule has 1 aromatic heterocycles. The van der Waals surface area contributed by atoms with E-state index < -0.39 is 0 Å². The van der Waals surface area contributed by atoms with Crippen LogP contribution >= 0.6 is 0 Å². The van der Waals surface area contributed by atoms with Gasteiger partial charge in [0.25, 0.3) is 5.91 Å². The van der Waals surface area contributed by atoms with Crippen LogP contribution < -0.4 is 15.0 Å². The molecule has 28 heavy (non-hydrogen) atoms. The van der Waals surface area contributed by atoms with Gasteiger partial charge in [0.05, 0.1) is 12.3 Å². The molecule has 0 unspecified atom stereocenters. The van der Waals surface area contributed by atoms with Crippen LogP contribution in [0.4, 0.5) is 11.6 Å². The number of hydrogen-bond donors (Lipinski definition) is 1. The minimum absolute atomic E-state index is 0.284. The number of fused-ring (bicyclic) bond motifs is 1. The summed E-state index contributed by atoms with van der Waals surface area (Å²) in [6, 6.07) is 17.4. The molecule has 1 amide bonds. The van der Waals surface area contributed by atoms with Crippen LogP contribution in [-0.2, 0) is 13.0 Å². The highest BCUT2D eigenvalue weighted by molar-refractivity contribution is 6.03. The lowest BCUT2D eigenvalue weighted by Gasteiger charge is -2.28. The number of hydrogen-bond acceptors (Lipinski definition) is 5. The average molecular weight is 374 g/mol. The monoisotopic (exact) mass is 374 g/mol. The van der Waals surface area contributed by atoms with Gasteiger partial charge in [-0.05, 0) is 42.7 Å². The van der Waals surface area contributed by atoms with Gasteiger partial charge in [0.15, 0.2) is 0 Å². The Kier molecular flexibility index (Phi) is 5.19. The van der Waals surface area contributed by atoms with Gasteiger partial charge < -0.3 is 15.0 Å².